The maximum atomic E-state index is 11.4. The Balaban J connectivity index is 1.91. The predicted octanol–water partition coefficient (Wildman–Crippen LogP) is 3.71. The molecular weight excluding hydrogens is 326 g/mol. The number of hydrogen-bond donors (Lipinski definition) is 1. The molecule has 138 valence electrons. The van der Waals surface area contributed by atoms with Gasteiger partial charge in [-0.3, -0.25) is 4.48 Å². The van der Waals surface area contributed by atoms with Crippen LogP contribution in [0.4, 0.5) is 0 Å². The zero-order valence-corrected chi connectivity index (χ0v) is 15.6. The molecule has 1 aliphatic rings. The quantitative estimate of drug-likeness (QED) is 0.608. The van der Waals surface area contributed by atoms with Gasteiger partial charge in [-0.25, -0.2) is 0 Å². The van der Waals surface area contributed by atoms with Crippen LogP contribution >= 0.6 is 0 Å². The monoisotopic (exact) mass is 354 g/mol. The van der Waals surface area contributed by atoms with Crippen LogP contribution in [0.1, 0.15) is 23.8 Å². The summed E-state index contributed by atoms with van der Waals surface area (Å²) in [4.78, 5) is 0. The van der Waals surface area contributed by atoms with Gasteiger partial charge in [0.25, 0.3) is 0 Å². The van der Waals surface area contributed by atoms with Crippen LogP contribution in [0.2, 0.25) is 0 Å². The molecule has 26 heavy (non-hydrogen) atoms. The van der Waals surface area contributed by atoms with E-state index in [1.807, 2.05) is 24.3 Å². The van der Waals surface area contributed by atoms with Crippen molar-refractivity contribution < 1.29 is 19.1 Å². The van der Waals surface area contributed by atoms with E-state index >= 15 is 0 Å². The molecule has 3 rings (SSSR count). The number of para-hydroxylation sites is 1. The summed E-state index contributed by atoms with van der Waals surface area (Å²) in [5, 5.41) is 11.4. The summed E-state index contributed by atoms with van der Waals surface area (Å²) in [5.74, 6) is 1.27. The lowest BCUT2D eigenvalue weighted by atomic mass is 10.0. The number of aliphatic hydroxyl groups excluding tert-OH is 1. The maximum absolute atomic E-state index is 11.4. The van der Waals surface area contributed by atoms with Crippen LogP contribution < -0.4 is 9.47 Å². The maximum Gasteiger partial charge on any atom is 0.221 e. The summed E-state index contributed by atoms with van der Waals surface area (Å²) in [6.45, 7) is 2.59. The number of benzene rings is 2. The van der Waals surface area contributed by atoms with Crippen LogP contribution in [0.15, 0.2) is 60.7 Å². The van der Waals surface area contributed by atoms with E-state index in [9.17, 15) is 5.11 Å². The van der Waals surface area contributed by atoms with Crippen molar-refractivity contribution in [3.05, 3.63) is 71.8 Å². The Hall–Kier alpha value is -2.30. The van der Waals surface area contributed by atoms with Gasteiger partial charge in [-0.15, -0.1) is 0 Å². The van der Waals surface area contributed by atoms with Crippen LogP contribution in [0, 0.1) is 0 Å². The molecule has 1 aliphatic heterocycles. The van der Waals surface area contributed by atoms with Crippen LogP contribution in [-0.4, -0.2) is 43.4 Å². The van der Waals surface area contributed by atoms with Crippen LogP contribution in [0.25, 0.3) is 0 Å². The largest absolute Gasteiger partial charge is 0.493 e. The third-order valence-corrected chi connectivity index (χ3v) is 5.30. The Labute approximate surface area is 155 Å². The van der Waals surface area contributed by atoms with Crippen LogP contribution in [-0.2, 0) is 6.42 Å². The first-order valence-electron chi connectivity index (χ1n) is 9.14. The second-order valence-electron chi connectivity index (χ2n) is 6.80. The van der Waals surface area contributed by atoms with Crippen molar-refractivity contribution >= 4 is 0 Å². The van der Waals surface area contributed by atoms with Crippen molar-refractivity contribution in [3.8, 4) is 11.5 Å². The predicted molar refractivity (Wildman–Crippen MR) is 103 cm³/mol. The van der Waals surface area contributed by atoms with Crippen molar-refractivity contribution in [1.82, 2.24) is 0 Å². The summed E-state index contributed by atoms with van der Waals surface area (Å²) >= 11 is 0. The van der Waals surface area contributed by atoms with Gasteiger partial charge in [0.1, 0.15) is 0 Å². The first-order chi connectivity index (χ1) is 12.7. The molecule has 0 aromatic heterocycles. The highest BCUT2D eigenvalue weighted by molar-refractivity contribution is 5.47. The number of methoxy groups -OCH3 is 2. The molecule has 4 heteroatoms. The average Bonchev–Trinajstić information content (AvgIpc) is 2.72. The third-order valence-electron chi connectivity index (χ3n) is 5.30. The first kappa shape index (κ1) is 18.5. The highest BCUT2D eigenvalue weighted by Crippen LogP contribution is 2.39. The Morgan fingerprint density at radius 1 is 1.00 bits per heavy atom. The molecule has 1 N–H and O–H groups in total. The minimum Gasteiger partial charge on any atom is -0.493 e. The van der Waals surface area contributed by atoms with Gasteiger partial charge in [0.05, 0.1) is 39.4 Å². The van der Waals surface area contributed by atoms with Crippen molar-refractivity contribution in [2.75, 3.05) is 33.9 Å². The van der Waals surface area contributed by atoms with Crippen molar-refractivity contribution in [1.29, 1.82) is 0 Å². The summed E-state index contributed by atoms with van der Waals surface area (Å²) in [6, 6.07) is 16.2. The highest BCUT2D eigenvalue weighted by Gasteiger charge is 2.38. The summed E-state index contributed by atoms with van der Waals surface area (Å²) in [7, 11) is 3.25. The van der Waals surface area contributed by atoms with E-state index in [0.717, 1.165) is 38.0 Å². The van der Waals surface area contributed by atoms with Gasteiger partial charge in [-0.2, -0.15) is 0 Å². The Kier molecular flexibility index (Phi) is 5.96. The number of quaternary nitrogens is 1. The minimum absolute atomic E-state index is 0.606. The van der Waals surface area contributed by atoms with E-state index < -0.39 is 6.23 Å². The molecule has 2 unspecified atom stereocenters. The Bertz CT molecular complexity index is 744. The lowest BCUT2D eigenvalue weighted by Gasteiger charge is -2.43. The van der Waals surface area contributed by atoms with Gasteiger partial charge in [-0.1, -0.05) is 42.5 Å². The molecule has 0 amide bonds. The molecule has 0 saturated heterocycles. The molecule has 0 bridgehead atoms. The molecular formula is C22H28NO3+. The number of nitrogens with zero attached hydrogens (tertiary/aromatic N) is 1. The number of ether oxygens (including phenoxy) is 2. The number of aliphatic hydroxyl groups is 1. The van der Waals surface area contributed by atoms with Gasteiger partial charge >= 0.3 is 0 Å². The number of hydrogen-bond acceptors (Lipinski definition) is 3. The van der Waals surface area contributed by atoms with E-state index in [1.54, 1.807) is 14.2 Å². The molecule has 0 aliphatic carbocycles. The second-order valence-corrected chi connectivity index (χ2v) is 6.80. The molecule has 2 atom stereocenters. The summed E-state index contributed by atoms with van der Waals surface area (Å²) in [6.07, 6.45) is 5.63. The molecule has 1 heterocycles. The smallest absolute Gasteiger partial charge is 0.221 e. The fourth-order valence-electron chi connectivity index (χ4n) is 3.78. The normalized spacial score (nSPS) is 20.6. The van der Waals surface area contributed by atoms with Gasteiger partial charge in [0, 0.05) is 12.8 Å². The molecule has 0 radical (unpaired) electrons. The molecule has 0 spiro atoms. The summed E-state index contributed by atoms with van der Waals surface area (Å²) in [5.41, 5.74) is 2.08. The van der Waals surface area contributed by atoms with E-state index in [0.29, 0.717) is 16.0 Å². The van der Waals surface area contributed by atoms with Crippen molar-refractivity contribution in [3.63, 3.8) is 0 Å². The third kappa shape index (κ3) is 3.76. The van der Waals surface area contributed by atoms with Gasteiger partial charge in [-0.05, 0) is 23.8 Å². The zero-order valence-electron chi connectivity index (χ0n) is 15.6. The lowest BCUT2D eigenvalue weighted by molar-refractivity contribution is -0.974. The second kappa shape index (κ2) is 8.39. The van der Waals surface area contributed by atoms with Crippen molar-refractivity contribution in [2.24, 2.45) is 0 Å². The molecule has 4 nitrogen and oxygen atoms in total. The van der Waals surface area contributed by atoms with Gasteiger partial charge < -0.3 is 14.6 Å². The van der Waals surface area contributed by atoms with E-state index in [2.05, 4.69) is 36.4 Å². The van der Waals surface area contributed by atoms with E-state index in [4.69, 9.17) is 9.47 Å². The first-order valence-corrected chi connectivity index (χ1v) is 9.14. The molecule has 0 fully saturated rings. The Morgan fingerprint density at radius 2 is 1.81 bits per heavy atom. The fourth-order valence-corrected chi connectivity index (χ4v) is 3.78. The average molecular weight is 354 g/mol. The minimum atomic E-state index is -0.659. The zero-order chi connectivity index (χ0) is 18.4. The standard InChI is InChI=1S/C22H28NO3/c1-25-20-13-9-12-19(21(20)26-2)22(24)23(15-7-4-8-16-23)17-14-18-10-5-3-6-11-18/h3-7,9-13,22,24H,8,14-17H2,1-2H3/q+1. The molecule has 2 aromatic carbocycles. The van der Waals surface area contributed by atoms with E-state index in [-0.39, 0.29) is 0 Å². The fraction of sp³-hybridized carbons (Fsp3) is 0.364. The van der Waals surface area contributed by atoms with Crippen LogP contribution in [0.5, 0.6) is 11.5 Å². The number of rotatable bonds is 7. The van der Waals surface area contributed by atoms with E-state index in [1.165, 1.54) is 5.56 Å². The Morgan fingerprint density at radius 3 is 2.46 bits per heavy atom. The van der Waals surface area contributed by atoms with Crippen molar-refractivity contribution in [2.45, 2.75) is 19.1 Å². The van der Waals surface area contributed by atoms with Gasteiger partial charge in [0.15, 0.2) is 11.5 Å². The van der Waals surface area contributed by atoms with Gasteiger partial charge in [0.2, 0.25) is 6.23 Å². The molecule has 0 saturated carbocycles. The summed E-state index contributed by atoms with van der Waals surface area (Å²) < 4.78 is 11.6. The topological polar surface area (TPSA) is 38.7 Å². The van der Waals surface area contributed by atoms with Crippen LogP contribution in [0.3, 0.4) is 0 Å². The highest BCUT2D eigenvalue weighted by atomic mass is 16.5. The lowest BCUT2D eigenvalue weighted by Crippen LogP contribution is -2.53. The SMILES string of the molecule is COc1cccc(C(O)[N+]2(CCc3ccccc3)CC=CCC2)c1OC. The molecule has 2 aromatic rings.